The zero-order chi connectivity index (χ0) is 9.15. The molecule has 1 aromatic heterocycles. The Morgan fingerprint density at radius 2 is 2.38 bits per heavy atom. The zero-order valence-corrected chi connectivity index (χ0v) is 7.33. The van der Waals surface area contributed by atoms with Crippen molar-refractivity contribution in [3.05, 3.63) is 24.4 Å². The van der Waals surface area contributed by atoms with Crippen molar-refractivity contribution in [2.75, 3.05) is 25.0 Å². The van der Waals surface area contributed by atoms with E-state index in [1.807, 2.05) is 18.2 Å². The van der Waals surface area contributed by atoms with Crippen molar-refractivity contribution < 1.29 is 5.11 Å². The van der Waals surface area contributed by atoms with Gasteiger partial charge in [0.25, 0.3) is 0 Å². The molecule has 1 saturated heterocycles. The van der Waals surface area contributed by atoms with E-state index in [1.54, 1.807) is 6.20 Å². The Hall–Kier alpha value is -1.13. The molecule has 3 N–H and O–H groups in total. The number of hydrogen-bond donors (Lipinski definition) is 3. The first-order valence-corrected chi connectivity index (χ1v) is 4.37. The van der Waals surface area contributed by atoms with Crippen LogP contribution in [0.4, 0.5) is 5.82 Å². The minimum absolute atomic E-state index is 0.553. The van der Waals surface area contributed by atoms with Gasteiger partial charge in [0.2, 0.25) is 0 Å². The summed E-state index contributed by atoms with van der Waals surface area (Å²) in [6.45, 7) is 1.87. The van der Waals surface area contributed by atoms with Crippen LogP contribution >= 0.6 is 0 Å². The van der Waals surface area contributed by atoms with Crippen LogP contribution in [0.2, 0.25) is 0 Å². The van der Waals surface area contributed by atoms with Gasteiger partial charge in [-0.3, -0.25) is 0 Å². The molecule has 2 rings (SSSR count). The molecule has 1 aromatic rings. The van der Waals surface area contributed by atoms with Gasteiger partial charge in [-0.15, -0.1) is 0 Å². The Balaban J connectivity index is 1.86. The number of β-amino-alcohol motifs (C(OH)–C–C–N with tert-alkyl or cyclic N) is 1. The fraction of sp³-hybridized carbons (Fsp3) is 0.444. The molecule has 0 atom stereocenters. The van der Waals surface area contributed by atoms with Crippen LogP contribution in [0, 0.1) is 0 Å². The average Bonchev–Trinajstić information content (AvgIpc) is 2.13. The molecule has 4 heteroatoms. The largest absolute Gasteiger partial charge is 0.385 e. The summed E-state index contributed by atoms with van der Waals surface area (Å²) in [6.07, 6.45) is 1.73. The molecule has 1 aliphatic heterocycles. The number of pyridine rings is 1. The van der Waals surface area contributed by atoms with Crippen LogP contribution in [-0.2, 0) is 0 Å². The first-order chi connectivity index (χ1) is 6.29. The molecule has 13 heavy (non-hydrogen) atoms. The minimum Gasteiger partial charge on any atom is -0.385 e. The Morgan fingerprint density at radius 1 is 1.54 bits per heavy atom. The molecule has 70 valence electrons. The SMILES string of the molecule is OC1(CNc2ccccn2)CNC1. The molecule has 1 aliphatic rings. The lowest BCUT2D eigenvalue weighted by molar-refractivity contribution is 0.00306. The Bertz CT molecular complexity index is 271. The molecule has 0 saturated carbocycles. The summed E-state index contributed by atoms with van der Waals surface area (Å²) < 4.78 is 0. The van der Waals surface area contributed by atoms with Crippen LogP contribution in [-0.4, -0.2) is 35.3 Å². The second kappa shape index (κ2) is 3.32. The molecule has 0 aliphatic carbocycles. The van der Waals surface area contributed by atoms with E-state index in [-0.39, 0.29) is 0 Å². The predicted octanol–water partition coefficient (Wildman–Crippen LogP) is -0.172. The first-order valence-electron chi connectivity index (χ1n) is 4.37. The van der Waals surface area contributed by atoms with Crippen LogP contribution in [0.15, 0.2) is 24.4 Å². The van der Waals surface area contributed by atoms with Gasteiger partial charge in [0, 0.05) is 25.8 Å². The van der Waals surface area contributed by atoms with Gasteiger partial charge >= 0.3 is 0 Å². The highest BCUT2D eigenvalue weighted by Gasteiger charge is 2.33. The highest BCUT2D eigenvalue weighted by Crippen LogP contribution is 2.11. The predicted molar refractivity (Wildman–Crippen MR) is 50.5 cm³/mol. The number of rotatable bonds is 3. The van der Waals surface area contributed by atoms with Crippen LogP contribution in [0.3, 0.4) is 0 Å². The minimum atomic E-state index is -0.586. The van der Waals surface area contributed by atoms with Crippen LogP contribution < -0.4 is 10.6 Å². The summed E-state index contributed by atoms with van der Waals surface area (Å²) in [4.78, 5) is 4.10. The number of nitrogens with zero attached hydrogens (tertiary/aromatic N) is 1. The first kappa shape index (κ1) is 8.47. The highest BCUT2D eigenvalue weighted by molar-refractivity contribution is 5.34. The van der Waals surface area contributed by atoms with Crippen molar-refractivity contribution in [3.8, 4) is 0 Å². The summed E-state index contributed by atoms with van der Waals surface area (Å²) in [7, 11) is 0. The molecule has 0 spiro atoms. The van der Waals surface area contributed by atoms with E-state index >= 15 is 0 Å². The van der Waals surface area contributed by atoms with Gasteiger partial charge in [-0.2, -0.15) is 0 Å². The van der Waals surface area contributed by atoms with E-state index in [9.17, 15) is 5.11 Å². The van der Waals surface area contributed by atoms with Crippen molar-refractivity contribution in [2.45, 2.75) is 5.60 Å². The second-order valence-electron chi connectivity index (χ2n) is 3.40. The standard InChI is InChI=1S/C9H13N3O/c13-9(5-10-6-9)7-12-8-3-1-2-4-11-8/h1-4,10,13H,5-7H2,(H,11,12). The molecule has 0 unspecified atom stereocenters. The molecule has 1 fully saturated rings. The third-order valence-corrected chi connectivity index (χ3v) is 2.17. The van der Waals surface area contributed by atoms with E-state index in [1.165, 1.54) is 0 Å². The van der Waals surface area contributed by atoms with E-state index in [0.717, 1.165) is 5.82 Å². The van der Waals surface area contributed by atoms with Gasteiger partial charge in [-0.05, 0) is 12.1 Å². The molecule has 0 radical (unpaired) electrons. The smallest absolute Gasteiger partial charge is 0.125 e. The molecule has 0 bridgehead atoms. The van der Waals surface area contributed by atoms with Crippen molar-refractivity contribution >= 4 is 5.82 Å². The quantitative estimate of drug-likeness (QED) is 0.603. The molecule has 0 amide bonds. The number of anilines is 1. The number of hydrogen-bond acceptors (Lipinski definition) is 4. The summed E-state index contributed by atoms with van der Waals surface area (Å²) in [5.41, 5.74) is -0.586. The van der Waals surface area contributed by atoms with E-state index in [0.29, 0.717) is 19.6 Å². The van der Waals surface area contributed by atoms with E-state index < -0.39 is 5.60 Å². The second-order valence-corrected chi connectivity index (χ2v) is 3.40. The summed E-state index contributed by atoms with van der Waals surface area (Å²) >= 11 is 0. The lowest BCUT2D eigenvalue weighted by Gasteiger charge is -2.37. The number of aromatic nitrogens is 1. The molecule has 2 heterocycles. The maximum Gasteiger partial charge on any atom is 0.125 e. The van der Waals surface area contributed by atoms with Crippen LogP contribution in [0.25, 0.3) is 0 Å². The Labute approximate surface area is 77.0 Å². The monoisotopic (exact) mass is 179 g/mol. The fourth-order valence-corrected chi connectivity index (χ4v) is 1.26. The van der Waals surface area contributed by atoms with Gasteiger partial charge in [-0.25, -0.2) is 4.98 Å². The lowest BCUT2D eigenvalue weighted by atomic mass is 9.97. The van der Waals surface area contributed by atoms with Crippen molar-refractivity contribution in [1.29, 1.82) is 0 Å². The molecule has 0 aromatic carbocycles. The van der Waals surface area contributed by atoms with Crippen molar-refractivity contribution in [2.24, 2.45) is 0 Å². The topological polar surface area (TPSA) is 57.2 Å². The van der Waals surface area contributed by atoms with Crippen LogP contribution in [0.5, 0.6) is 0 Å². The van der Waals surface area contributed by atoms with Gasteiger partial charge in [0.15, 0.2) is 0 Å². The normalized spacial score (nSPS) is 19.2. The summed E-state index contributed by atoms with van der Waals surface area (Å²) in [5, 5.41) is 15.8. The molecular formula is C9H13N3O. The van der Waals surface area contributed by atoms with E-state index in [4.69, 9.17) is 0 Å². The molecule has 4 nitrogen and oxygen atoms in total. The lowest BCUT2D eigenvalue weighted by Crippen LogP contribution is -2.63. The highest BCUT2D eigenvalue weighted by atomic mass is 16.3. The van der Waals surface area contributed by atoms with Crippen LogP contribution in [0.1, 0.15) is 0 Å². The van der Waals surface area contributed by atoms with Gasteiger partial charge in [0.05, 0.1) is 0 Å². The average molecular weight is 179 g/mol. The fourth-order valence-electron chi connectivity index (χ4n) is 1.26. The third-order valence-electron chi connectivity index (χ3n) is 2.17. The van der Waals surface area contributed by atoms with Gasteiger partial charge < -0.3 is 15.7 Å². The Morgan fingerprint density at radius 3 is 2.92 bits per heavy atom. The van der Waals surface area contributed by atoms with E-state index in [2.05, 4.69) is 15.6 Å². The maximum atomic E-state index is 9.72. The Kier molecular flexibility index (Phi) is 2.16. The maximum absolute atomic E-state index is 9.72. The van der Waals surface area contributed by atoms with Gasteiger partial charge in [-0.1, -0.05) is 6.07 Å². The van der Waals surface area contributed by atoms with Crippen molar-refractivity contribution in [1.82, 2.24) is 10.3 Å². The zero-order valence-electron chi connectivity index (χ0n) is 7.33. The number of nitrogens with one attached hydrogen (secondary N) is 2. The summed E-state index contributed by atoms with van der Waals surface area (Å²) in [5.74, 6) is 0.808. The molecular weight excluding hydrogens is 166 g/mol. The number of aliphatic hydroxyl groups is 1. The van der Waals surface area contributed by atoms with Gasteiger partial charge in [0.1, 0.15) is 11.4 Å². The summed E-state index contributed by atoms with van der Waals surface area (Å²) in [6, 6.07) is 5.67. The van der Waals surface area contributed by atoms with Crippen molar-refractivity contribution in [3.63, 3.8) is 0 Å². The third kappa shape index (κ3) is 1.96.